The molecule has 4 atom stereocenters. The van der Waals surface area contributed by atoms with Crippen molar-refractivity contribution in [3.8, 4) is 0 Å². The first-order valence-corrected chi connectivity index (χ1v) is 11.7. The van der Waals surface area contributed by atoms with Crippen LogP contribution >= 0.6 is 0 Å². The van der Waals surface area contributed by atoms with Crippen molar-refractivity contribution in [1.82, 2.24) is 0 Å². The van der Waals surface area contributed by atoms with Crippen molar-refractivity contribution in [3.63, 3.8) is 0 Å². The molecule has 3 aromatic carbocycles. The zero-order chi connectivity index (χ0) is 25.7. The highest BCUT2D eigenvalue weighted by Gasteiger charge is 2.53. The summed E-state index contributed by atoms with van der Waals surface area (Å²) >= 11 is 0. The third-order valence-electron chi connectivity index (χ3n) is 6.34. The van der Waals surface area contributed by atoms with Gasteiger partial charge in [0.15, 0.2) is 6.10 Å². The van der Waals surface area contributed by atoms with Crippen molar-refractivity contribution in [1.29, 1.82) is 0 Å². The van der Waals surface area contributed by atoms with Crippen LogP contribution in [0.15, 0.2) is 91.0 Å². The van der Waals surface area contributed by atoms with E-state index in [1.165, 1.54) is 0 Å². The molecule has 1 fully saturated rings. The molecule has 1 aliphatic rings. The largest absolute Gasteiger partial charge is 0.454 e. The third-order valence-corrected chi connectivity index (χ3v) is 6.34. The Morgan fingerprint density at radius 2 is 0.972 bits per heavy atom. The Hall–Kier alpha value is -3.97. The molecular weight excluding hydrogens is 460 g/mol. The summed E-state index contributed by atoms with van der Waals surface area (Å²) in [5.41, 5.74) is 0.0820. The van der Waals surface area contributed by atoms with Gasteiger partial charge in [-0.3, -0.25) is 0 Å². The van der Waals surface area contributed by atoms with E-state index >= 15 is 0 Å². The van der Waals surface area contributed by atoms with Gasteiger partial charge in [0.1, 0.15) is 0 Å². The number of hydrogen-bond donors (Lipinski definition) is 0. The molecule has 36 heavy (non-hydrogen) atoms. The Morgan fingerprint density at radius 1 is 0.611 bits per heavy atom. The Balaban J connectivity index is 1.67. The van der Waals surface area contributed by atoms with Crippen LogP contribution in [0.4, 0.5) is 0 Å². The molecule has 0 N–H and O–H groups in total. The van der Waals surface area contributed by atoms with Crippen LogP contribution in [0.3, 0.4) is 0 Å². The maximum absolute atomic E-state index is 13.0. The second kappa shape index (κ2) is 10.7. The fourth-order valence-corrected chi connectivity index (χ4v) is 3.97. The van der Waals surface area contributed by atoms with E-state index in [-0.39, 0.29) is 0 Å². The predicted molar refractivity (Wildman–Crippen MR) is 131 cm³/mol. The maximum Gasteiger partial charge on any atom is 0.340 e. The summed E-state index contributed by atoms with van der Waals surface area (Å²) in [7, 11) is 0. The van der Waals surface area contributed by atoms with Crippen LogP contribution in [0, 0.1) is 5.92 Å². The van der Waals surface area contributed by atoms with Gasteiger partial charge in [0, 0.05) is 5.92 Å². The fraction of sp³-hybridized carbons (Fsp3) is 0.276. The number of carbonyl (C=O) groups is 3. The Morgan fingerprint density at radius 3 is 1.39 bits per heavy atom. The van der Waals surface area contributed by atoms with Crippen LogP contribution in [0.2, 0.25) is 0 Å². The lowest BCUT2D eigenvalue weighted by Gasteiger charge is -2.48. The first-order valence-electron chi connectivity index (χ1n) is 11.7. The molecule has 7 heteroatoms. The molecule has 0 amide bonds. The summed E-state index contributed by atoms with van der Waals surface area (Å²) in [6.45, 7) is 5.45. The molecule has 186 valence electrons. The highest BCUT2D eigenvalue weighted by molar-refractivity contribution is 5.91. The Bertz CT molecular complexity index is 1190. The zero-order valence-corrected chi connectivity index (χ0v) is 20.3. The minimum atomic E-state index is -1.31. The van der Waals surface area contributed by atoms with Gasteiger partial charge in [-0.05, 0) is 50.2 Å². The molecule has 0 aliphatic carbocycles. The van der Waals surface area contributed by atoms with Gasteiger partial charge in [0.05, 0.1) is 22.3 Å². The molecule has 7 nitrogen and oxygen atoms in total. The minimum absolute atomic E-state index is 0.302. The fourth-order valence-electron chi connectivity index (χ4n) is 3.97. The lowest BCUT2D eigenvalue weighted by molar-refractivity contribution is -0.291. The van der Waals surface area contributed by atoms with E-state index in [0.717, 1.165) is 0 Å². The molecule has 1 saturated heterocycles. The molecule has 0 aromatic heterocycles. The maximum atomic E-state index is 13.0. The monoisotopic (exact) mass is 488 g/mol. The van der Waals surface area contributed by atoms with E-state index in [1.54, 1.807) is 105 Å². The molecule has 0 spiro atoms. The van der Waals surface area contributed by atoms with Crippen LogP contribution < -0.4 is 0 Å². The summed E-state index contributed by atoms with van der Waals surface area (Å²) in [5.74, 6) is -2.30. The number of esters is 3. The topological polar surface area (TPSA) is 88.1 Å². The van der Waals surface area contributed by atoms with Crippen molar-refractivity contribution < 1.29 is 33.3 Å². The molecule has 0 radical (unpaired) electrons. The van der Waals surface area contributed by atoms with Crippen LogP contribution in [0.5, 0.6) is 0 Å². The number of ether oxygens (including phenoxy) is 4. The van der Waals surface area contributed by atoms with E-state index in [0.29, 0.717) is 16.7 Å². The summed E-state index contributed by atoms with van der Waals surface area (Å²) in [5, 5.41) is 0. The van der Waals surface area contributed by atoms with E-state index in [4.69, 9.17) is 18.9 Å². The van der Waals surface area contributed by atoms with Gasteiger partial charge in [-0.25, -0.2) is 14.4 Å². The summed E-state index contributed by atoms with van der Waals surface area (Å²) in [6.07, 6.45) is -3.48. The van der Waals surface area contributed by atoms with Crippen LogP contribution in [0.1, 0.15) is 51.8 Å². The summed E-state index contributed by atoms with van der Waals surface area (Å²) in [6, 6.07) is 25.3. The minimum Gasteiger partial charge on any atom is -0.454 e. The van der Waals surface area contributed by atoms with Crippen molar-refractivity contribution in [2.75, 3.05) is 0 Å². The molecule has 1 heterocycles. The van der Waals surface area contributed by atoms with Crippen LogP contribution in [-0.2, 0) is 18.9 Å². The van der Waals surface area contributed by atoms with Gasteiger partial charge in [0.2, 0.25) is 12.4 Å². The van der Waals surface area contributed by atoms with Gasteiger partial charge in [0.25, 0.3) is 0 Å². The first-order chi connectivity index (χ1) is 17.3. The highest BCUT2D eigenvalue weighted by Crippen LogP contribution is 2.38. The second-order valence-electron chi connectivity index (χ2n) is 9.12. The van der Waals surface area contributed by atoms with Gasteiger partial charge < -0.3 is 18.9 Å². The van der Waals surface area contributed by atoms with Crippen molar-refractivity contribution >= 4 is 17.9 Å². The molecular formula is C29H28O7. The molecule has 4 rings (SSSR count). The lowest BCUT2D eigenvalue weighted by Crippen LogP contribution is -2.61. The Kier molecular flexibility index (Phi) is 7.50. The first kappa shape index (κ1) is 25.1. The molecule has 0 saturated carbocycles. The number of rotatable bonds is 6. The average Bonchev–Trinajstić information content (AvgIpc) is 2.90. The normalized spacial score (nSPS) is 22.8. The van der Waals surface area contributed by atoms with Crippen LogP contribution in [-0.4, -0.2) is 42.0 Å². The number of hydrogen-bond acceptors (Lipinski definition) is 7. The van der Waals surface area contributed by atoms with Gasteiger partial charge in [-0.1, -0.05) is 61.5 Å². The zero-order valence-electron chi connectivity index (χ0n) is 20.3. The third kappa shape index (κ3) is 5.63. The van der Waals surface area contributed by atoms with E-state index in [2.05, 4.69) is 0 Å². The smallest absolute Gasteiger partial charge is 0.340 e. The second-order valence-corrected chi connectivity index (χ2v) is 9.12. The van der Waals surface area contributed by atoms with Gasteiger partial charge in [-0.2, -0.15) is 0 Å². The van der Waals surface area contributed by atoms with Crippen molar-refractivity contribution in [2.45, 2.75) is 44.9 Å². The van der Waals surface area contributed by atoms with Crippen molar-refractivity contribution in [2.24, 2.45) is 5.92 Å². The average molecular weight is 489 g/mol. The standard InChI is InChI=1S/C29H28O7/c1-19-23(33-25(30)20-13-7-4-8-14-20)24(34-26(31)21-15-9-5-10-16-21)28(36-29(19,2)3)35-27(32)22-17-11-6-12-18-22/h4-19,23-24,28H,1-3H3/t19-,23-,24-,28+/m1/s1. The lowest BCUT2D eigenvalue weighted by atomic mass is 9.82. The highest BCUT2D eigenvalue weighted by atomic mass is 16.7. The van der Waals surface area contributed by atoms with Gasteiger partial charge >= 0.3 is 17.9 Å². The predicted octanol–water partition coefficient (Wildman–Crippen LogP) is 5.07. The molecule has 3 aromatic rings. The van der Waals surface area contributed by atoms with E-state index in [9.17, 15) is 14.4 Å². The molecule has 0 unspecified atom stereocenters. The summed E-state index contributed by atoms with van der Waals surface area (Å²) in [4.78, 5) is 38.9. The number of carbonyl (C=O) groups excluding carboxylic acids is 3. The summed E-state index contributed by atoms with van der Waals surface area (Å²) < 4.78 is 23.6. The SMILES string of the molecule is C[C@@H]1[C@@H](OC(=O)c2ccccc2)[C@@H](OC(=O)c2ccccc2)[C@@H](OC(=O)c2ccccc2)OC1(C)C. The van der Waals surface area contributed by atoms with Crippen molar-refractivity contribution in [3.05, 3.63) is 108 Å². The van der Waals surface area contributed by atoms with Crippen LogP contribution in [0.25, 0.3) is 0 Å². The van der Waals surface area contributed by atoms with Gasteiger partial charge in [-0.15, -0.1) is 0 Å². The van der Waals surface area contributed by atoms with E-state index in [1.807, 2.05) is 6.92 Å². The number of benzene rings is 3. The molecule has 1 aliphatic heterocycles. The Labute approximate surface area is 209 Å². The molecule has 0 bridgehead atoms. The van der Waals surface area contributed by atoms with E-state index < -0.39 is 47.9 Å². The quantitative estimate of drug-likeness (QED) is 0.354.